The van der Waals surface area contributed by atoms with Crippen LogP contribution >= 0.6 is 11.8 Å². The molecule has 2 N–H and O–H groups in total. The lowest BCUT2D eigenvalue weighted by Gasteiger charge is -1.86. The Hall–Kier alpha value is -0.510. The zero-order valence-electron chi connectivity index (χ0n) is 6.37. The number of unbranched alkanes of at least 4 members (excludes halogenated alkanes) is 1. The molecule has 0 heterocycles. The Kier molecular flexibility index (Phi) is 6.27. The van der Waals surface area contributed by atoms with Gasteiger partial charge in [-0.15, -0.1) is 5.10 Å². The number of amidine groups is 1. The molecule has 0 radical (unpaired) electrons. The van der Waals surface area contributed by atoms with Crippen molar-refractivity contribution >= 4 is 23.1 Å². The van der Waals surface area contributed by atoms with Crippen LogP contribution in [0.15, 0.2) is 10.2 Å². The number of thioether (sulfide) groups is 1. The van der Waals surface area contributed by atoms with E-state index < -0.39 is 0 Å². The van der Waals surface area contributed by atoms with Gasteiger partial charge in [-0.05, 0) is 12.7 Å². The Balaban J connectivity index is 3.49. The monoisotopic (exact) mass is 159 g/mol. The standard InChI is InChI=1S/C6H13N3S/c1-3-4-5-8-9-6(7)10-2/h5H,3-4H2,1-2H3,(H2,7,9)/b8-5+. The van der Waals surface area contributed by atoms with Crippen molar-refractivity contribution in [1.29, 1.82) is 0 Å². The number of nitrogens with two attached hydrogens (primary N) is 1. The van der Waals surface area contributed by atoms with E-state index in [0.29, 0.717) is 5.17 Å². The van der Waals surface area contributed by atoms with Crippen LogP contribution in [0.1, 0.15) is 19.8 Å². The van der Waals surface area contributed by atoms with Crippen molar-refractivity contribution in [3.8, 4) is 0 Å². The van der Waals surface area contributed by atoms with Crippen LogP contribution in [0.2, 0.25) is 0 Å². The van der Waals surface area contributed by atoms with Crippen LogP contribution in [-0.4, -0.2) is 17.6 Å². The second-order valence-corrected chi connectivity index (χ2v) is 2.56. The fourth-order valence-electron chi connectivity index (χ4n) is 0.325. The zero-order valence-corrected chi connectivity index (χ0v) is 7.19. The summed E-state index contributed by atoms with van der Waals surface area (Å²) in [5.41, 5.74) is 5.35. The van der Waals surface area contributed by atoms with Gasteiger partial charge in [0.2, 0.25) is 0 Å². The summed E-state index contributed by atoms with van der Waals surface area (Å²) in [7, 11) is 0. The first-order valence-electron chi connectivity index (χ1n) is 3.20. The molecule has 0 aliphatic heterocycles. The number of rotatable bonds is 3. The van der Waals surface area contributed by atoms with E-state index >= 15 is 0 Å². The molecule has 0 amide bonds. The van der Waals surface area contributed by atoms with Gasteiger partial charge in [0.1, 0.15) is 0 Å². The van der Waals surface area contributed by atoms with E-state index in [0.717, 1.165) is 12.8 Å². The van der Waals surface area contributed by atoms with E-state index in [2.05, 4.69) is 17.1 Å². The zero-order chi connectivity index (χ0) is 7.82. The smallest absolute Gasteiger partial charge is 0.180 e. The van der Waals surface area contributed by atoms with Gasteiger partial charge in [-0.25, -0.2) is 0 Å². The van der Waals surface area contributed by atoms with Crippen molar-refractivity contribution in [3.63, 3.8) is 0 Å². The van der Waals surface area contributed by atoms with Gasteiger partial charge < -0.3 is 5.73 Å². The molecule has 58 valence electrons. The van der Waals surface area contributed by atoms with Crippen LogP contribution in [0.25, 0.3) is 0 Å². The van der Waals surface area contributed by atoms with Crippen LogP contribution in [0.3, 0.4) is 0 Å². The third-order valence-electron chi connectivity index (χ3n) is 0.865. The highest BCUT2D eigenvalue weighted by Crippen LogP contribution is 1.90. The summed E-state index contributed by atoms with van der Waals surface area (Å²) < 4.78 is 0. The summed E-state index contributed by atoms with van der Waals surface area (Å²) in [5, 5.41) is 7.96. The summed E-state index contributed by atoms with van der Waals surface area (Å²) in [6, 6.07) is 0. The first kappa shape index (κ1) is 9.49. The number of hydrogen-bond acceptors (Lipinski definition) is 3. The summed E-state index contributed by atoms with van der Waals surface area (Å²) in [4.78, 5) is 0. The van der Waals surface area contributed by atoms with Gasteiger partial charge >= 0.3 is 0 Å². The highest BCUT2D eigenvalue weighted by atomic mass is 32.2. The molecule has 0 rings (SSSR count). The fourth-order valence-corrected chi connectivity index (χ4v) is 0.454. The Morgan fingerprint density at radius 3 is 2.90 bits per heavy atom. The summed E-state index contributed by atoms with van der Waals surface area (Å²) in [6.07, 6.45) is 5.70. The van der Waals surface area contributed by atoms with E-state index in [9.17, 15) is 0 Å². The highest BCUT2D eigenvalue weighted by Gasteiger charge is 1.81. The van der Waals surface area contributed by atoms with Gasteiger partial charge in [-0.2, -0.15) is 5.10 Å². The summed E-state index contributed by atoms with van der Waals surface area (Å²) in [6.45, 7) is 2.09. The van der Waals surface area contributed by atoms with E-state index in [1.807, 2.05) is 6.26 Å². The maximum absolute atomic E-state index is 5.35. The molecule has 0 aliphatic rings. The molecule has 0 aliphatic carbocycles. The average molecular weight is 159 g/mol. The molecule has 0 bridgehead atoms. The first-order chi connectivity index (χ1) is 4.81. The first-order valence-corrected chi connectivity index (χ1v) is 4.42. The van der Waals surface area contributed by atoms with Crippen molar-refractivity contribution < 1.29 is 0 Å². The van der Waals surface area contributed by atoms with Crippen molar-refractivity contribution in [1.82, 2.24) is 0 Å². The lowest BCUT2D eigenvalue weighted by Crippen LogP contribution is -2.03. The topological polar surface area (TPSA) is 50.7 Å². The van der Waals surface area contributed by atoms with Gasteiger partial charge in [0.15, 0.2) is 5.17 Å². The molecule has 3 nitrogen and oxygen atoms in total. The predicted molar refractivity (Wildman–Crippen MR) is 48.5 cm³/mol. The van der Waals surface area contributed by atoms with Crippen molar-refractivity contribution in [2.45, 2.75) is 19.8 Å². The van der Waals surface area contributed by atoms with Gasteiger partial charge in [-0.1, -0.05) is 25.1 Å². The van der Waals surface area contributed by atoms with Crippen molar-refractivity contribution in [3.05, 3.63) is 0 Å². The lowest BCUT2D eigenvalue weighted by atomic mass is 10.4. The molecule has 0 unspecified atom stereocenters. The van der Waals surface area contributed by atoms with Crippen molar-refractivity contribution in [2.75, 3.05) is 6.26 Å². The molecule has 0 saturated heterocycles. The largest absolute Gasteiger partial charge is 0.377 e. The Labute approximate surface area is 65.8 Å². The molecule has 4 heteroatoms. The van der Waals surface area contributed by atoms with E-state index in [-0.39, 0.29) is 0 Å². The maximum atomic E-state index is 5.35. The number of nitrogens with zero attached hydrogens (tertiary/aromatic N) is 2. The van der Waals surface area contributed by atoms with E-state index in [1.54, 1.807) is 6.21 Å². The Bertz CT molecular complexity index is 131. The SMILES string of the molecule is CCC/C=N/N=C(\N)SC. The quantitative estimate of drug-likeness (QED) is 0.385. The predicted octanol–water partition coefficient (Wildman–Crippen LogP) is 1.45. The van der Waals surface area contributed by atoms with Gasteiger partial charge in [0, 0.05) is 6.21 Å². The molecule has 10 heavy (non-hydrogen) atoms. The molecule has 0 saturated carbocycles. The maximum Gasteiger partial charge on any atom is 0.180 e. The Morgan fingerprint density at radius 2 is 2.40 bits per heavy atom. The molecular formula is C6H13N3S. The minimum absolute atomic E-state index is 0.507. The van der Waals surface area contributed by atoms with E-state index in [4.69, 9.17) is 5.73 Å². The average Bonchev–Trinajstić information content (AvgIpc) is 1.98. The number of hydrogen-bond donors (Lipinski definition) is 1. The minimum Gasteiger partial charge on any atom is -0.377 e. The summed E-state index contributed by atoms with van der Waals surface area (Å²) in [5.74, 6) is 0. The van der Waals surface area contributed by atoms with E-state index in [1.165, 1.54) is 11.8 Å². The minimum atomic E-state index is 0.507. The second kappa shape index (κ2) is 6.61. The van der Waals surface area contributed by atoms with Crippen LogP contribution in [0.5, 0.6) is 0 Å². The molecule has 0 atom stereocenters. The Morgan fingerprint density at radius 1 is 1.70 bits per heavy atom. The van der Waals surface area contributed by atoms with Crippen LogP contribution in [0, 0.1) is 0 Å². The third kappa shape index (κ3) is 5.62. The molecule has 0 aromatic carbocycles. The van der Waals surface area contributed by atoms with Gasteiger partial charge in [0.25, 0.3) is 0 Å². The van der Waals surface area contributed by atoms with Crippen LogP contribution in [-0.2, 0) is 0 Å². The lowest BCUT2D eigenvalue weighted by molar-refractivity contribution is 1.00. The molecular weight excluding hydrogens is 146 g/mol. The van der Waals surface area contributed by atoms with Gasteiger partial charge in [-0.3, -0.25) is 0 Å². The fraction of sp³-hybridized carbons (Fsp3) is 0.667. The third-order valence-corrected chi connectivity index (χ3v) is 1.36. The second-order valence-electron chi connectivity index (χ2n) is 1.73. The molecule has 0 aromatic heterocycles. The highest BCUT2D eigenvalue weighted by molar-refractivity contribution is 8.13. The van der Waals surface area contributed by atoms with Gasteiger partial charge in [0.05, 0.1) is 0 Å². The summed E-state index contributed by atoms with van der Waals surface area (Å²) >= 11 is 1.40. The molecule has 0 fully saturated rings. The van der Waals surface area contributed by atoms with Crippen LogP contribution < -0.4 is 5.73 Å². The molecule has 0 aromatic rings. The van der Waals surface area contributed by atoms with Crippen molar-refractivity contribution in [2.24, 2.45) is 15.9 Å². The normalized spacial score (nSPS) is 12.8. The van der Waals surface area contributed by atoms with Crippen LogP contribution in [0.4, 0.5) is 0 Å². The molecule has 0 spiro atoms.